The van der Waals surface area contributed by atoms with E-state index in [1.807, 2.05) is 36.1 Å². The standard InChI is InChI=1S/C21H23N3O3/c1-15-3-5-16(6-4-15)14-24-18-13-17(7-8-19(18)27-21(24)26)20(25)23-11-9-22(2)10-12-23/h3-8,13H,9-12,14H2,1-2H3. The zero-order valence-electron chi connectivity index (χ0n) is 15.6. The molecule has 6 heteroatoms. The summed E-state index contributed by atoms with van der Waals surface area (Å²) >= 11 is 0. The summed E-state index contributed by atoms with van der Waals surface area (Å²) in [7, 11) is 2.06. The first kappa shape index (κ1) is 17.5. The number of hydrogen-bond acceptors (Lipinski definition) is 4. The van der Waals surface area contributed by atoms with E-state index in [1.54, 1.807) is 22.8 Å². The number of aryl methyl sites for hydroxylation is 1. The van der Waals surface area contributed by atoms with Crippen molar-refractivity contribution in [3.05, 3.63) is 69.7 Å². The molecule has 0 aliphatic carbocycles. The van der Waals surface area contributed by atoms with Gasteiger partial charge in [0.2, 0.25) is 0 Å². The monoisotopic (exact) mass is 365 g/mol. The molecule has 0 bridgehead atoms. The number of amides is 1. The van der Waals surface area contributed by atoms with Crippen LogP contribution in [-0.4, -0.2) is 53.5 Å². The van der Waals surface area contributed by atoms with Crippen molar-refractivity contribution in [2.24, 2.45) is 0 Å². The van der Waals surface area contributed by atoms with Crippen LogP contribution in [0.25, 0.3) is 11.1 Å². The molecule has 1 amide bonds. The van der Waals surface area contributed by atoms with E-state index in [-0.39, 0.29) is 5.91 Å². The Bertz CT molecular complexity index is 1030. The lowest BCUT2D eigenvalue weighted by atomic mass is 10.1. The van der Waals surface area contributed by atoms with Crippen LogP contribution in [0, 0.1) is 6.92 Å². The maximum absolute atomic E-state index is 12.9. The van der Waals surface area contributed by atoms with Gasteiger partial charge in [-0.25, -0.2) is 4.79 Å². The van der Waals surface area contributed by atoms with Crippen LogP contribution in [0.3, 0.4) is 0 Å². The van der Waals surface area contributed by atoms with E-state index in [2.05, 4.69) is 11.9 Å². The van der Waals surface area contributed by atoms with Gasteiger partial charge in [0.05, 0.1) is 12.1 Å². The molecule has 1 aliphatic heterocycles. The quantitative estimate of drug-likeness (QED) is 0.715. The fourth-order valence-electron chi connectivity index (χ4n) is 3.41. The predicted octanol–water partition coefficient (Wildman–Crippen LogP) is 2.34. The summed E-state index contributed by atoms with van der Waals surface area (Å²) in [6.45, 7) is 5.62. The van der Waals surface area contributed by atoms with Crippen molar-refractivity contribution < 1.29 is 9.21 Å². The van der Waals surface area contributed by atoms with E-state index in [0.29, 0.717) is 23.2 Å². The highest BCUT2D eigenvalue weighted by Gasteiger charge is 2.21. The van der Waals surface area contributed by atoms with Gasteiger partial charge in [0, 0.05) is 31.7 Å². The zero-order valence-corrected chi connectivity index (χ0v) is 15.6. The van der Waals surface area contributed by atoms with E-state index in [4.69, 9.17) is 4.42 Å². The number of fused-ring (bicyclic) bond motifs is 1. The summed E-state index contributed by atoms with van der Waals surface area (Å²) < 4.78 is 6.95. The summed E-state index contributed by atoms with van der Waals surface area (Å²) in [5, 5.41) is 0. The number of nitrogens with zero attached hydrogens (tertiary/aromatic N) is 3. The number of hydrogen-bond donors (Lipinski definition) is 0. The molecule has 1 fully saturated rings. The van der Waals surface area contributed by atoms with Crippen LogP contribution in [-0.2, 0) is 6.54 Å². The number of carbonyl (C=O) groups is 1. The fraction of sp³-hybridized carbons (Fsp3) is 0.333. The van der Waals surface area contributed by atoms with Crippen LogP contribution in [0.1, 0.15) is 21.5 Å². The number of rotatable bonds is 3. The third-order valence-corrected chi connectivity index (χ3v) is 5.17. The van der Waals surface area contributed by atoms with Gasteiger partial charge < -0.3 is 14.2 Å². The molecule has 0 saturated carbocycles. The summed E-state index contributed by atoms with van der Waals surface area (Å²) in [6, 6.07) is 13.3. The fourth-order valence-corrected chi connectivity index (χ4v) is 3.41. The number of likely N-dealkylation sites (N-methyl/N-ethyl adjacent to an activating group) is 1. The molecule has 2 aromatic carbocycles. The molecule has 1 aliphatic rings. The third kappa shape index (κ3) is 3.53. The molecule has 1 aromatic heterocycles. The lowest BCUT2D eigenvalue weighted by molar-refractivity contribution is 0.0664. The number of piperazine rings is 1. The average Bonchev–Trinajstić information content (AvgIpc) is 2.98. The summed E-state index contributed by atoms with van der Waals surface area (Å²) in [4.78, 5) is 29.3. The molecule has 27 heavy (non-hydrogen) atoms. The first-order chi connectivity index (χ1) is 13.0. The highest BCUT2D eigenvalue weighted by molar-refractivity contribution is 5.97. The first-order valence-electron chi connectivity index (χ1n) is 9.18. The van der Waals surface area contributed by atoms with Gasteiger partial charge in [0.15, 0.2) is 5.58 Å². The Balaban J connectivity index is 1.66. The summed E-state index contributed by atoms with van der Waals surface area (Å²) in [5.41, 5.74) is 3.93. The second-order valence-corrected chi connectivity index (χ2v) is 7.22. The minimum absolute atomic E-state index is 0.000495. The van der Waals surface area contributed by atoms with Crippen molar-refractivity contribution in [3.8, 4) is 0 Å². The molecule has 4 rings (SSSR count). The second kappa shape index (κ2) is 7.04. The molecule has 3 aromatic rings. The Morgan fingerprint density at radius 1 is 1.04 bits per heavy atom. The molecule has 0 unspecified atom stereocenters. The Kier molecular flexibility index (Phi) is 4.58. The van der Waals surface area contributed by atoms with E-state index in [9.17, 15) is 9.59 Å². The first-order valence-corrected chi connectivity index (χ1v) is 9.18. The van der Waals surface area contributed by atoms with Crippen molar-refractivity contribution in [1.82, 2.24) is 14.4 Å². The van der Waals surface area contributed by atoms with Gasteiger partial charge in [-0.15, -0.1) is 0 Å². The normalized spacial score (nSPS) is 15.4. The molecule has 0 atom stereocenters. The Labute approximate surface area is 157 Å². The van der Waals surface area contributed by atoms with E-state index in [1.165, 1.54) is 5.56 Å². The molecule has 0 N–H and O–H groups in total. The van der Waals surface area contributed by atoms with Crippen LogP contribution in [0.5, 0.6) is 0 Å². The van der Waals surface area contributed by atoms with Crippen LogP contribution in [0.15, 0.2) is 51.7 Å². The highest BCUT2D eigenvalue weighted by atomic mass is 16.4. The van der Waals surface area contributed by atoms with E-state index in [0.717, 1.165) is 31.7 Å². The molecule has 0 spiro atoms. The minimum atomic E-state index is -0.408. The van der Waals surface area contributed by atoms with Gasteiger partial charge in [0.25, 0.3) is 5.91 Å². The number of benzene rings is 2. The second-order valence-electron chi connectivity index (χ2n) is 7.22. The lowest BCUT2D eigenvalue weighted by Gasteiger charge is -2.32. The van der Waals surface area contributed by atoms with Crippen molar-refractivity contribution in [2.45, 2.75) is 13.5 Å². The predicted molar refractivity (Wildman–Crippen MR) is 104 cm³/mol. The van der Waals surface area contributed by atoms with E-state index >= 15 is 0 Å². The van der Waals surface area contributed by atoms with Crippen LogP contribution < -0.4 is 5.76 Å². The Morgan fingerprint density at radius 3 is 2.44 bits per heavy atom. The van der Waals surface area contributed by atoms with Crippen LogP contribution >= 0.6 is 0 Å². The Hall–Kier alpha value is -2.86. The van der Waals surface area contributed by atoms with Gasteiger partial charge in [-0.3, -0.25) is 9.36 Å². The summed E-state index contributed by atoms with van der Waals surface area (Å²) in [5.74, 6) is -0.407. The zero-order chi connectivity index (χ0) is 19.0. The van der Waals surface area contributed by atoms with Gasteiger partial charge in [-0.1, -0.05) is 29.8 Å². The van der Waals surface area contributed by atoms with Gasteiger partial charge in [-0.05, 0) is 37.7 Å². The minimum Gasteiger partial charge on any atom is -0.408 e. The van der Waals surface area contributed by atoms with Gasteiger partial charge >= 0.3 is 5.76 Å². The molecule has 1 saturated heterocycles. The molecule has 6 nitrogen and oxygen atoms in total. The average molecular weight is 365 g/mol. The maximum atomic E-state index is 12.9. The van der Waals surface area contributed by atoms with Gasteiger partial charge in [0.1, 0.15) is 0 Å². The van der Waals surface area contributed by atoms with Crippen molar-refractivity contribution in [2.75, 3.05) is 33.2 Å². The maximum Gasteiger partial charge on any atom is 0.420 e. The molecule has 0 radical (unpaired) electrons. The largest absolute Gasteiger partial charge is 0.420 e. The van der Waals surface area contributed by atoms with E-state index < -0.39 is 5.76 Å². The lowest BCUT2D eigenvalue weighted by Crippen LogP contribution is -2.47. The number of oxazole rings is 1. The number of aromatic nitrogens is 1. The third-order valence-electron chi connectivity index (χ3n) is 5.17. The molecule has 2 heterocycles. The summed E-state index contributed by atoms with van der Waals surface area (Å²) in [6.07, 6.45) is 0. The molecule has 140 valence electrons. The SMILES string of the molecule is Cc1ccc(Cn2c(=O)oc3ccc(C(=O)N4CCN(C)CC4)cc32)cc1. The molecular weight excluding hydrogens is 342 g/mol. The van der Waals surface area contributed by atoms with Crippen molar-refractivity contribution >= 4 is 17.0 Å². The smallest absolute Gasteiger partial charge is 0.408 e. The number of carbonyl (C=O) groups excluding carboxylic acids is 1. The van der Waals surface area contributed by atoms with Crippen LogP contribution in [0.4, 0.5) is 0 Å². The Morgan fingerprint density at radius 2 is 1.74 bits per heavy atom. The highest BCUT2D eigenvalue weighted by Crippen LogP contribution is 2.18. The molecular formula is C21H23N3O3. The van der Waals surface area contributed by atoms with Crippen molar-refractivity contribution in [3.63, 3.8) is 0 Å². The topological polar surface area (TPSA) is 58.7 Å². The van der Waals surface area contributed by atoms with Crippen molar-refractivity contribution in [1.29, 1.82) is 0 Å². The van der Waals surface area contributed by atoms with Crippen LogP contribution in [0.2, 0.25) is 0 Å². The van der Waals surface area contributed by atoms with Gasteiger partial charge in [-0.2, -0.15) is 0 Å².